The van der Waals surface area contributed by atoms with Crippen LogP contribution in [0.4, 0.5) is 4.39 Å². The lowest BCUT2D eigenvalue weighted by atomic mass is 9.45. The SMILES string of the molecule is CC1C[C@H]2[C@@H]3CC(F)C4=CC(=O)CC[C@]4(C)[C@H]3CC(O)[C@]2(C)[C@H]1C(=O)CO. The van der Waals surface area contributed by atoms with E-state index in [1.807, 2.05) is 13.8 Å². The normalized spacial score (nSPS) is 51.9. The predicted octanol–water partition coefficient (Wildman–Crippen LogP) is 2.86. The van der Waals surface area contributed by atoms with Crippen LogP contribution < -0.4 is 0 Å². The molecule has 0 aromatic heterocycles. The molecule has 3 saturated carbocycles. The minimum absolute atomic E-state index is 0.00728. The number of aliphatic hydroxyl groups is 2. The van der Waals surface area contributed by atoms with Crippen molar-refractivity contribution in [3.63, 3.8) is 0 Å². The molecule has 4 aliphatic rings. The Balaban J connectivity index is 1.76. The van der Waals surface area contributed by atoms with E-state index in [1.165, 1.54) is 6.08 Å². The smallest absolute Gasteiger partial charge is 0.162 e. The molecule has 0 saturated heterocycles. The van der Waals surface area contributed by atoms with E-state index in [0.29, 0.717) is 31.3 Å². The van der Waals surface area contributed by atoms with Crippen LogP contribution in [0, 0.1) is 40.4 Å². The molecular formula is C22H31FO4. The van der Waals surface area contributed by atoms with Gasteiger partial charge in [-0.3, -0.25) is 9.59 Å². The standard InChI is InChI=1S/C22H31FO4/c1-11-6-15-13-8-17(23)16-7-12(25)4-5-21(16,2)14(13)9-19(27)22(15,3)20(11)18(26)10-24/h7,11,13-15,17,19-20,24,27H,4-6,8-10H2,1-3H3/t11?,13-,14+,15+,17?,19?,20-,21-,22-/m1/s1. The molecule has 5 heteroatoms. The average Bonchev–Trinajstić information content (AvgIpc) is 2.90. The van der Waals surface area contributed by atoms with Gasteiger partial charge in [0, 0.05) is 17.8 Å². The Labute approximate surface area is 160 Å². The number of alkyl halides is 1. The Morgan fingerprint density at radius 3 is 2.63 bits per heavy atom. The van der Waals surface area contributed by atoms with Gasteiger partial charge in [0.25, 0.3) is 0 Å². The summed E-state index contributed by atoms with van der Waals surface area (Å²) in [4.78, 5) is 24.4. The van der Waals surface area contributed by atoms with Crippen molar-refractivity contribution < 1.29 is 24.2 Å². The molecule has 3 unspecified atom stereocenters. The number of carbonyl (C=O) groups excluding carboxylic acids is 2. The number of fused-ring (bicyclic) bond motifs is 5. The molecule has 0 spiro atoms. The Kier molecular flexibility index (Phi) is 4.43. The molecule has 0 amide bonds. The van der Waals surface area contributed by atoms with Crippen LogP contribution in [0.25, 0.3) is 0 Å². The van der Waals surface area contributed by atoms with Crippen molar-refractivity contribution in [3.05, 3.63) is 11.6 Å². The Morgan fingerprint density at radius 1 is 1.26 bits per heavy atom. The maximum absolute atomic E-state index is 15.2. The lowest BCUT2D eigenvalue weighted by molar-refractivity contribution is -0.156. The second kappa shape index (κ2) is 6.21. The van der Waals surface area contributed by atoms with E-state index in [9.17, 15) is 19.8 Å². The molecule has 3 fully saturated rings. The van der Waals surface area contributed by atoms with E-state index in [0.717, 1.165) is 6.42 Å². The summed E-state index contributed by atoms with van der Waals surface area (Å²) in [5.74, 6) is -0.200. The third kappa shape index (κ3) is 2.46. The van der Waals surface area contributed by atoms with Crippen molar-refractivity contribution in [1.29, 1.82) is 0 Å². The second-order valence-electron chi connectivity index (χ2n) is 10.00. The zero-order valence-corrected chi connectivity index (χ0v) is 16.5. The predicted molar refractivity (Wildman–Crippen MR) is 98.5 cm³/mol. The zero-order chi connectivity index (χ0) is 19.7. The zero-order valence-electron chi connectivity index (χ0n) is 16.5. The molecule has 4 aliphatic carbocycles. The van der Waals surface area contributed by atoms with Crippen molar-refractivity contribution in [2.45, 2.75) is 65.2 Å². The van der Waals surface area contributed by atoms with Crippen LogP contribution in [0.3, 0.4) is 0 Å². The van der Waals surface area contributed by atoms with E-state index < -0.39 is 24.3 Å². The monoisotopic (exact) mass is 378 g/mol. The van der Waals surface area contributed by atoms with Gasteiger partial charge in [-0.1, -0.05) is 20.8 Å². The molecule has 0 bridgehead atoms. The third-order valence-electron chi connectivity index (χ3n) is 8.90. The van der Waals surface area contributed by atoms with Crippen LogP contribution in [0.15, 0.2) is 11.6 Å². The number of rotatable bonds is 2. The number of carbonyl (C=O) groups is 2. The largest absolute Gasteiger partial charge is 0.393 e. The lowest BCUT2D eigenvalue weighted by Crippen LogP contribution is -2.59. The summed E-state index contributed by atoms with van der Waals surface area (Å²) in [5, 5.41) is 20.7. The highest BCUT2D eigenvalue weighted by Crippen LogP contribution is 2.67. The van der Waals surface area contributed by atoms with Gasteiger partial charge in [-0.25, -0.2) is 4.39 Å². The highest BCUT2D eigenvalue weighted by atomic mass is 19.1. The first-order valence-corrected chi connectivity index (χ1v) is 10.3. The maximum Gasteiger partial charge on any atom is 0.162 e. The van der Waals surface area contributed by atoms with Crippen LogP contribution >= 0.6 is 0 Å². The Bertz CT molecular complexity index is 702. The summed E-state index contributed by atoms with van der Waals surface area (Å²) in [6.07, 6.45) is 2.53. The number of hydrogen-bond donors (Lipinski definition) is 2. The summed E-state index contributed by atoms with van der Waals surface area (Å²) in [5.41, 5.74) is -0.368. The number of Topliss-reactive ketones (excluding diaryl/α,β-unsaturated/α-hetero) is 1. The quantitative estimate of drug-likeness (QED) is 0.775. The fraction of sp³-hybridized carbons (Fsp3) is 0.818. The summed E-state index contributed by atoms with van der Waals surface area (Å²) < 4.78 is 15.2. The van der Waals surface area contributed by atoms with Gasteiger partial charge in [0.2, 0.25) is 0 Å². The molecule has 4 rings (SSSR count). The van der Waals surface area contributed by atoms with Gasteiger partial charge in [-0.2, -0.15) is 0 Å². The van der Waals surface area contributed by atoms with Gasteiger partial charge >= 0.3 is 0 Å². The molecule has 0 heterocycles. The molecular weight excluding hydrogens is 347 g/mol. The number of halogens is 1. The highest BCUT2D eigenvalue weighted by Gasteiger charge is 2.66. The molecule has 0 aliphatic heterocycles. The molecule has 2 N–H and O–H groups in total. The second-order valence-corrected chi connectivity index (χ2v) is 10.00. The fourth-order valence-corrected chi connectivity index (χ4v) is 7.65. The van der Waals surface area contributed by atoms with E-state index in [-0.39, 0.29) is 46.6 Å². The van der Waals surface area contributed by atoms with Crippen LogP contribution in [0.2, 0.25) is 0 Å². The van der Waals surface area contributed by atoms with Crippen molar-refractivity contribution in [2.75, 3.05) is 6.61 Å². The van der Waals surface area contributed by atoms with Gasteiger partial charge < -0.3 is 10.2 Å². The van der Waals surface area contributed by atoms with Crippen LogP contribution in [-0.4, -0.2) is 40.7 Å². The minimum atomic E-state index is -1.12. The number of aliphatic hydroxyl groups excluding tert-OH is 2. The highest BCUT2D eigenvalue weighted by molar-refractivity contribution is 5.92. The van der Waals surface area contributed by atoms with Crippen molar-refractivity contribution in [2.24, 2.45) is 40.4 Å². The van der Waals surface area contributed by atoms with Crippen LogP contribution in [0.5, 0.6) is 0 Å². The third-order valence-corrected chi connectivity index (χ3v) is 8.90. The van der Waals surface area contributed by atoms with E-state index in [4.69, 9.17) is 0 Å². The van der Waals surface area contributed by atoms with Crippen molar-refractivity contribution in [1.82, 2.24) is 0 Å². The summed E-state index contributed by atoms with van der Waals surface area (Å²) in [6.45, 7) is 5.56. The molecule has 27 heavy (non-hydrogen) atoms. The molecule has 9 atom stereocenters. The number of ketones is 2. The molecule has 4 nitrogen and oxygen atoms in total. The number of hydrogen-bond acceptors (Lipinski definition) is 4. The lowest BCUT2D eigenvalue weighted by Gasteiger charge is -2.60. The van der Waals surface area contributed by atoms with Crippen LogP contribution in [-0.2, 0) is 9.59 Å². The summed E-state index contributed by atoms with van der Waals surface area (Å²) in [6, 6.07) is 0. The van der Waals surface area contributed by atoms with Crippen molar-refractivity contribution >= 4 is 11.6 Å². The van der Waals surface area contributed by atoms with Crippen LogP contribution in [0.1, 0.15) is 52.9 Å². The fourth-order valence-electron chi connectivity index (χ4n) is 7.65. The van der Waals surface area contributed by atoms with Gasteiger partial charge in [-0.05, 0) is 66.4 Å². The minimum Gasteiger partial charge on any atom is -0.393 e. The first-order chi connectivity index (χ1) is 12.6. The van der Waals surface area contributed by atoms with Gasteiger partial charge in [0.1, 0.15) is 12.8 Å². The first-order valence-electron chi connectivity index (χ1n) is 10.3. The molecule has 150 valence electrons. The van der Waals surface area contributed by atoms with Crippen molar-refractivity contribution in [3.8, 4) is 0 Å². The average molecular weight is 378 g/mol. The molecule has 0 radical (unpaired) electrons. The summed E-state index contributed by atoms with van der Waals surface area (Å²) >= 11 is 0. The molecule has 0 aromatic rings. The van der Waals surface area contributed by atoms with Gasteiger partial charge in [0.15, 0.2) is 11.6 Å². The van der Waals surface area contributed by atoms with Gasteiger partial charge in [0.05, 0.1) is 6.10 Å². The number of allylic oxidation sites excluding steroid dienone is 1. The summed E-state index contributed by atoms with van der Waals surface area (Å²) in [7, 11) is 0. The molecule has 0 aromatic carbocycles. The Hall–Kier alpha value is -1.07. The van der Waals surface area contributed by atoms with E-state index in [1.54, 1.807) is 0 Å². The van der Waals surface area contributed by atoms with Gasteiger partial charge in [-0.15, -0.1) is 0 Å². The topological polar surface area (TPSA) is 74.6 Å². The Morgan fingerprint density at radius 2 is 1.96 bits per heavy atom. The maximum atomic E-state index is 15.2. The van der Waals surface area contributed by atoms with E-state index in [2.05, 4.69) is 6.92 Å². The van der Waals surface area contributed by atoms with E-state index >= 15 is 4.39 Å². The first kappa shape index (κ1) is 19.3.